The molecular weight excluding hydrogens is 322 g/mol. The number of piperidine rings is 1. The number of carbonyl (C=O) groups is 1. The number of carbonyl (C=O) groups excluding carboxylic acids is 1. The number of likely N-dealkylation sites (tertiary alicyclic amines) is 1. The summed E-state index contributed by atoms with van der Waals surface area (Å²) in [6, 6.07) is 8.33. The summed E-state index contributed by atoms with van der Waals surface area (Å²) in [5.74, 6) is 1.62. The summed E-state index contributed by atoms with van der Waals surface area (Å²) in [6.07, 6.45) is 5.07. The number of ether oxygens (including phenoxy) is 1. The van der Waals surface area contributed by atoms with Gasteiger partial charge in [-0.25, -0.2) is 4.98 Å². The van der Waals surface area contributed by atoms with Crippen LogP contribution in [0.3, 0.4) is 0 Å². The number of rotatable bonds is 6. The highest BCUT2D eigenvalue weighted by atomic mass is 32.1. The second-order valence-electron chi connectivity index (χ2n) is 6.16. The molecule has 24 heavy (non-hydrogen) atoms. The molecule has 0 unspecified atom stereocenters. The lowest BCUT2D eigenvalue weighted by atomic mass is 9.90. The van der Waals surface area contributed by atoms with Crippen LogP contribution in [0, 0.1) is 5.92 Å². The van der Waals surface area contributed by atoms with E-state index in [0.29, 0.717) is 17.6 Å². The highest BCUT2D eigenvalue weighted by Crippen LogP contribution is 2.23. The Morgan fingerprint density at radius 2 is 2.08 bits per heavy atom. The van der Waals surface area contributed by atoms with Crippen LogP contribution >= 0.6 is 11.3 Å². The maximum Gasteiger partial charge on any atom is 0.240 e. The molecule has 5 nitrogen and oxygen atoms in total. The van der Waals surface area contributed by atoms with Crippen molar-refractivity contribution in [3.63, 3.8) is 0 Å². The number of thiazole rings is 1. The maximum absolute atomic E-state index is 12.0. The first-order valence-electron chi connectivity index (χ1n) is 8.27. The van der Waals surface area contributed by atoms with Gasteiger partial charge in [0, 0.05) is 11.6 Å². The topological polar surface area (TPSA) is 54.5 Å². The van der Waals surface area contributed by atoms with Gasteiger partial charge in [-0.3, -0.25) is 9.69 Å². The van der Waals surface area contributed by atoms with Crippen LogP contribution in [0.1, 0.15) is 18.4 Å². The lowest BCUT2D eigenvalue weighted by Gasteiger charge is -2.31. The summed E-state index contributed by atoms with van der Waals surface area (Å²) in [4.78, 5) is 18.3. The van der Waals surface area contributed by atoms with E-state index in [1.807, 2.05) is 17.5 Å². The Bertz CT molecular complexity index is 635. The summed E-state index contributed by atoms with van der Waals surface area (Å²) in [5, 5.41) is 5.38. The molecule has 1 fully saturated rings. The third-order valence-electron chi connectivity index (χ3n) is 4.44. The molecule has 0 bridgehead atoms. The van der Waals surface area contributed by atoms with E-state index in [-0.39, 0.29) is 5.91 Å². The molecule has 0 aliphatic carbocycles. The third-order valence-corrected chi connectivity index (χ3v) is 5.12. The maximum atomic E-state index is 12.0. The van der Waals surface area contributed by atoms with Crippen LogP contribution in [0.25, 0.3) is 0 Å². The van der Waals surface area contributed by atoms with E-state index in [1.54, 1.807) is 13.3 Å². The van der Waals surface area contributed by atoms with Crippen LogP contribution in [0.5, 0.6) is 5.75 Å². The number of anilines is 1. The molecule has 3 rings (SSSR count). The van der Waals surface area contributed by atoms with Gasteiger partial charge in [0.1, 0.15) is 5.75 Å². The summed E-state index contributed by atoms with van der Waals surface area (Å²) in [6.45, 7) is 2.41. The van der Waals surface area contributed by atoms with Crippen molar-refractivity contribution in [1.82, 2.24) is 9.88 Å². The van der Waals surface area contributed by atoms with Gasteiger partial charge in [-0.15, -0.1) is 11.3 Å². The highest BCUT2D eigenvalue weighted by Gasteiger charge is 2.21. The standard InChI is InChI=1S/C18H23N3O2S/c1-23-16-4-2-14(3-5-16)12-15-6-9-21(10-7-15)13-17(22)20-18-19-8-11-24-18/h2-5,8,11,15H,6-7,9-10,12-13H2,1H3,(H,19,20,22). The Kier molecular flexibility index (Phi) is 5.82. The van der Waals surface area contributed by atoms with Gasteiger partial charge in [0.2, 0.25) is 5.91 Å². The molecule has 1 saturated heterocycles. The molecule has 2 heterocycles. The molecule has 0 radical (unpaired) electrons. The Morgan fingerprint density at radius 3 is 2.71 bits per heavy atom. The van der Waals surface area contributed by atoms with Crippen LogP contribution in [0.15, 0.2) is 35.8 Å². The van der Waals surface area contributed by atoms with Crippen molar-refractivity contribution in [1.29, 1.82) is 0 Å². The molecule has 128 valence electrons. The summed E-state index contributed by atoms with van der Waals surface area (Å²) in [7, 11) is 1.69. The first-order chi connectivity index (χ1) is 11.7. The van der Waals surface area contributed by atoms with Gasteiger partial charge in [-0.1, -0.05) is 12.1 Å². The second kappa shape index (κ2) is 8.26. The second-order valence-corrected chi connectivity index (χ2v) is 7.05. The molecule has 1 aliphatic rings. The normalized spacial score (nSPS) is 16.0. The van der Waals surface area contributed by atoms with Gasteiger partial charge in [0.05, 0.1) is 13.7 Å². The summed E-state index contributed by atoms with van der Waals surface area (Å²) in [5.41, 5.74) is 1.36. The Labute approximate surface area is 146 Å². The van der Waals surface area contributed by atoms with E-state index in [0.717, 1.165) is 38.1 Å². The zero-order chi connectivity index (χ0) is 16.8. The van der Waals surface area contributed by atoms with Gasteiger partial charge in [-0.2, -0.15) is 0 Å². The first-order valence-corrected chi connectivity index (χ1v) is 9.15. The van der Waals surface area contributed by atoms with Crippen molar-refractivity contribution in [2.24, 2.45) is 5.92 Å². The van der Waals surface area contributed by atoms with E-state index in [2.05, 4.69) is 27.3 Å². The number of hydrogen-bond acceptors (Lipinski definition) is 5. The average Bonchev–Trinajstić information content (AvgIpc) is 3.10. The molecule has 2 aromatic rings. The fraction of sp³-hybridized carbons (Fsp3) is 0.444. The van der Waals surface area contributed by atoms with Crippen molar-refractivity contribution < 1.29 is 9.53 Å². The minimum Gasteiger partial charge on any atom is -0.497 e. The monoisotopic (exact) mass is 345 g/mol. The lowest BCUT2D eigenvalue weighted by molar-refractivity contribution is -0.117. The van der Waals surface area contributed by atoms with Crippen LogP contribution in [0.4, 0.5) is 5.13 Å². The van der Waals surface area contributed by atoms with Gasteiger partial charge in [0.25, 0.3) is 0 Å². The van der Waals surface area contributed by atoms with Crippen molar-refractivity contribution in [2.75, 3.05) is 32.1 Å². The fourth-order valence-electron chi connectivity index (χ4n) is 3.09. The van der Waals surface area contributed by atoms with E-state index in [1.165, 1.54) is 16.9 Å². The fourth-order valence-corrected chi connectivity index (χ4v) is 3.64. The number of nitrogens with one attached hydrogen (secondary N) is 1. The molecule has 6 heteroatoms. The minimum atomic E-state index is 0.0264. The van der Waals surface area contributed by atoms with Crippen molar-refractivity contribution in [3.8, 4) is 5.75 Å². The van der Waals surface area contributed by atoms with E-state index >= 15 is 0 Å². The third kappa shape index (κ3) is 4.79. The van der Waals surface area contributed by atoms with E-state index in [9.17, 15) is 4.79 Å². The zero-order valence-corrected chi connectivity index (χ0v) is 14.7. The van der Waals surface area contributed by atoms with Crippen molar-refractivity contribution >= 4 is 22.4 Å². The Hall–Kier alpha value is -1.92. The predicted octanol–water partition coefficient (Wildman–Crippen LogP) is 3.04. The number of amides is 1. The SMILES string of the molecule is COc1ccc(CC2CCN(CC(=O)Nc3nccs3)CC2)cc1. The quantitative estimate of drug-likeness (QED) is 0.874. The van der Waals surface area contributed by atoms with Gasteiger partial charge in [0.15, 0.2) is 5.13 Å². The van der Waals surface area contributed by atoms with E-state index < -0.39 is 0 Å². The summed E-state index contributed by atoms with van der Waals surface area (Å²) < 4.78 is 5.20. The van der Waals surface area contributed by atoms with Gasteiger partial charge in [-0.05, 0) is 56.0 Å². The van der Waals surface area contributed by atoms with Crippen LogP contribution in [-0.4, -0.2) is 42.5 Å². The van der Waals surface area contributed by atoms with Crippen LogP contribution in [0.2, 0.25) is 0 Å². The highest BCUT2D eigenvalue weighted by molar-refractivity contribution is 7.13. The lowest BCUT2D eigenvalue weighted by Crippen LogP contribution is -2.39. The molecule has 0 saturated carbocycles. The average molecular weight is 345 g/mol. The molecule has 0 spiro atoms. The van der Waals surface area contributed by atoms with E-state index in [4.69, 9.17) is 4.74 Å². The van der Waals surface area contributed by atoms with Crippen molar-refractivity contribution in [2.45, 2.75) is 19.3 Å². The molecule has 1 amide bonds. The molecular formula is C18H23N3O2S. The largest absolute Gasteiger partial charge is 0.497 e. The predicted molar refractivity (Wildman–Crippen MR) is 96.6 cm³/mol. The Balaban J connectivity index is 1.41. The molecule has 1 aliphatic heterocycles. The number of nitrogens with zero attached hydrogens (tertiary/aromatic N) is 2. The van der Waals surface area contributed by atoms with Gasteiger partial charge < -0.3 is 10.1 Å². The molecule has 1 aromatic heterocycles. The van der Waals surface area contributed by atoms with Crippen LogP contribution in [-0.2, 0) is 11.2 Å². The number of benzene rings is 1. The van der Waals surface area contributed by atoms with Crippen molar-refractivity contribution in [3.05, 3.63) is 41.4 Å². The number of aromatic nitrogens is 1. The van der Waals surface area contributed by atoms with Gasteiger partial charge >= 0.3 is 0 Å². The summed E-state index contributed by atoms with van der Waals surface area (Å²) >= 11 is 1.45. The number of hydrogen-bond donors (Lipinski definition) is 1. The molecule has 1 aromatic carbocycles. The minimum absolute atomic E-state index is 0.0264. The first kappa shape index (κ1) is 16.9. The number of methoxy groups -OCH3 is 1. The zero-order valence-electron chi connectivity index (χ0n) is 13.9. The molecule has 0 atom stereocenters. The Morgan fingerprint density at radius 1 is 1.33 bits per heavy atom. The van der Waals surface area contributed by atoms with Crippen LogP contribution < -0.4 is 10.1 Å². The smallest absolute Gasteiger partial charge is 0.240 e. The molecule has 1 N–H and O–H groups in total.